The van der Waals surface area contributed by atoms with Crippen molar-refractivity contribution < 1.29 is 9.72 Å². The van der Waals surface area contributed by atoms with Gasteiger partial charge in [-0.05, 0) is 42.2 Å². The van der Waals surface area contributed by atoms with E-state index in [1.54, 1.807) is 28.8 Å². The number of hydrogen-bond acceptors (Lipinski definition) is 8. The third-order valence-corrected chi connectivity index (χ3v) is 7.52. The maximum atomic E-state index is 13.1. The zero-order valence-electron chi connectivity index (χ0n) is 16.8. The van der Waals surface area contributed by atoms with Crippen LogP contribution in [0.3, 0.4) is 0 Å². The molecule has 0 saturated heterocycles. The average Bonchev–Trinajstić information content (AvgIpc) is 3.21. The number of rotatable bonds is 5. The molecule has 2 N–H and O–H groups in total. The molecule has 2 aromatic rings. The number of nitriles is 1. The first-order valence-electron chi connectivity index (χ1n) is 9.88. The molecule has 1 aromatic heterocycles. The molecule has 0 saturated carbocycles. The van der Waals surface area contributed by atoms with Crippen LogP contribution in [0.4, 0.5) is 11.4 Å². The van der Waals surface area contributed by atoms with Crippen LogP contribution in [0.15, 0.2) is 63.3 Å². The number of carbonyl (C=O) groups excluding carboxylic acids is 1. The Morgan fingerprint density at radius 3 is 2.71 bits per heavy atom. The Bertz CT molecular complexity index is 1160. The van der Waals surface area contributed by atoms with E-state index in [9.17, 15) is 20.2 Å². The van der Waals surface area contributed by atoms with E-state index < -0.39 is 10.8 Å². The summed E-state index contributed by atoms with van der Waals surface area (Å²) in [6.45, 7) is 2.06. The first-order valence-corrected chi connectivity index (χ1v) is 11.7. The van der Waals surface area contributed by atoms with E-state index >= 15 is 0 Å². The predicted octanol–water partition coefficient (Wildman–Crippen LogP) is 5.07. The molecule has 0 radical (unpaired) electrons. The normalized spacial score (nSPS) is 18.8. The number of carbonyl (C=O) groups is 1. The van der Waals surface area contributed by atoms with Gasteiger partial charge < -0.3 is 5.73 Å². The number of anilines is 1. The molecule has 0 bridgehead atoms. The van der Waals surface area contributed by atoms with Crippen molar-refractivity contribution in [3.8, 4) is 6.07 Å². The molecule has 1 aromatic carbocycles. The lowest BCUT2D eigenvalue weighted by Gasteiger charge is -2.39. The van der Waals surface area contributed by atoms with Crippen LogP contribution in [0.25, 0.3) is 0 Å². The lowest BCUT2D eigenvalue weighted by Crippen LogP contribution is -2.38. The van der Waals surface area contributed by atoms with Gasteiger partial charge in [0, 0.05) is 45.3 Å². The first kappa shape index (κ1) is 21.2. The number of nitrogens with zero attached hydrogens (tertiary/aromatic N) is 3. The van der Waals surface area contributed by atoms with E-state index in [4.69, 9.17) is 5.73 Å². The van der Waals surface area contributed by atoms with E-state index in [2.05, 4.69) is 13.0 Å². The molecule has 9 heteroatoms. The van der Waals surface area contributed by atoms with Gasteiger partial charge in [-0.15, -0.1) is 23.1 Å². The molecule has 2 aliphatic rings. The number of non-ortho nitro benzene ring substituents is 1. The third kappa shape index (κ3) is 3.62. The van der Waals surface area contributed by atoms with Crippen LogP contribution in [-0.4, -0.2) is 16.5 Å². The number of benzene rings is 1. The second kappa shape index (κ2) is 8.57. The van der Waals surface area contributed by atoms with Gasteiger partial charge >= 0.3 is 0 Å². The van der Waals surface area contributed by atoms with Gasteiger partial charge in [-0.3, -0.25) is 19.8 Å². The van der Waals surface area contributed by atoms with Gasteiger partial charge in [0.05, 0.1) is 22.5 Å². The minimum absolute atomic E-state index is 0.0271. The van der Waals surface area contributed by atoms with Crippen molar-refractivity contribution in [1.82, 2.24) is 0 Å². The smallest absolute Gasteiger partial charge is 0.269 e. The molecule has 1 aliphatic carbocycles. The number of nitro groups is 1. The van der Waals surface area contributed by atoms with Crippen LogP contribution >= 0.6 is 23.1 Å². The van der Waals surface area contributed by atoms with Gasteiger partial charge in [-0.1, -0.05) is 6.92 Å². The zero-order valence-corrected chi connectivity index (χ0v) is 18.5. The van der Waals surface area contributed by atoms with Crippen molar-refractivity contribution in [3.05, 3.63) is 73.4 Å². The molecule has 4 rings (SSSR count). The summed E-state index contributed by atoms with van der Waals surface area (Å²) in [5.74, 6) is 0.706. The fraction of sp³-hybridized carbons (Fsp3) is 0.273. The quantitative estimate of drug-likeness (QED) is 0.382. The summed E-state index contributed by atoms with van der Waals surface area (Å²) in [4.78, 5) is 27.5. The number of thioether (sulfide) groups is 1. The second-order valence-corrected chi connectivity index (χ2v) is 9.43. The summed E-state index contributed by atoms with van der Waals surface area (Å²) in [5.41, 5.74) is 8.86. The van der Waals surface area contributed by atoms with Crippen LogP contribution < -0.4 is 10.6 Å². The third-order valence-electron chi connectivity index (χ3n) is 5.45. The number of Topliss-reactive ketones (excluding diaryl/α,β-unsaturated/α-hetero) is 1. The van der Waals surface area contributed by atoms with Crippen molar-refractivity contribution >= 4 is 40.3 Å². The highest BCUT2D eigenvalue weighted by Crippen LogP contribution is 2.49. The first-order chi connectivity index (χ1) is 15.0. The molecule has 31 heavy (non-hydrogen) atoms. The molecule has 1 unspecified atom stereocenters. The fourth-order valence-electron chi connectivity index (χ4n) is 4.16. The van der Waals surface area contributed by atoms with Crippen molar-refractivity contribution in [2.24, 2.45) is 5.73 Å². The minimum atomic E-state index is -0.476. The number of allylic oxidation sites excluding steroid dienone is 3. The van der Waals surface area contributed by atoms with E-state index in [0.717, 1.165) is 21.2 Å². The fourth-order valence-corrected chi connectivity index (χ4v) is 6.21. The van der Waals surface area contributed by atoms with E-state index in [1.165, 1.54) is 23.5 Å². The van der Waals surface area contributed by atoms with Gasteiger partial charge in [-0.2, -0.15) is 5.26 Å². The van der Waals surface area contributed by atoms with Crippen LogP contribution in [0.2, 0.25) is 0 Å². The summed E-state index contributed by atoms with van der Waals surface area (Å²) in [7, 11) is 0. The Labute approximate surface area is 188 Å². The summed E-state index contributed by atoms with van der Waals surface area (Å²) in [5, 5.41) is 23.1. The Morgan fingerprint density at radius 2 is 2.06 bits per heavy atom. The summed E-state index contributed by atoms with van der Waals surface area (Å²) >= 11 is 3.22. The van der Waals surface area contributed by atoms with Gasteiger partial charge in [-0.25, -0.2) is 0 Å². The largest absolute Gasteiger partial charge is 0.384 e. The second-order valence-electron chi connectivity index (χ2n) is 7.17. The maximum Gasteiger partial charge on any atom is 0.269 e. The Balaban J connectivity index is 1.91. The Morgan fingerprint density at radius 1 is 1.32 bits per heavy atom. The molecular weight excluding hydrogens is 432 g/mol. The number of ketones is 1. The van der Waals surface area contributed by atoms with Crippen molar-refractivity contribution in [2.45, 2.75) is 37.0 Å². The van der Waals surface area contributed by atoms with E-state index in [-0.39, 0.29) is 17.3 Å². The van der Waals surface area contributed by atoms with Gasteiger partial charge in [0.2, 0.25) is 0 Å². The summed E-state index contributed by atoms with van der Waals surface area (Å²) < 4.78 is 0. The van der Waals surface area contributed by atoms with Crippen LogP contribution in [0.5, 0.6) is 0 Å². The van der Waals surface area contributed by atoms with Crippen LogP contribution in [-0.2, 0) is 4.79 Å². The summed E-state index contributed by atoms with van der Waals surface area (Å²) in [6.07, 6.45) is 1.78. The summed E-state index contributed by atoms with van der Waals surface area (Å²) in [6, 6.07) is 10.3. The van der Waals surface area contributed by atoms with Gasteiger partial charge in [0.1, 0.15) is 5.82 Å². The molecule has 0 spiro atoms. The number of thiophene rings is 1. The number of nitro benzene ring substituents is 1. The zero-order chi connectivity index (χ0) is 22.1. The highest BCUT2D eigenvalue weighted by Gasteiger charge is 2.41. The van der Waals surface area contributed by atoms with Gasteiger partial charge in [0.15, 0.2) is 5.78 Å². The number of nitrogens with two attached hydrogens (primary N) is 1. The molecule has 2 heterocycles. The topological polar surface area (TPSA) is 113 Å². The Kier molecular flexibility index (Phi) is 5.85. The molecular formula is C22H20N4O3S2. The minimum Gasteiger partial charge on any atom is -0.384 e. The standard InChI is InChI=1S/C22H20N4O3S2/c1-2-30-18-10-11-31-21(18)19-15(12-23)22(24)25(16-4-3-5-17(27)20(16)19)13-6-8-14(9-7-13)26(28)29/h6-11,19H,2-5,24H2,1H3. The van der Waals surface area contributed by atoms with E-state index in [0.29, 0.717) is 36.1 Å². The molecule has 0 amide bonds. The lowest BCUT2D eigenvalue weighted by atomic mass is 9.78. The maximum absolute atomic E-state index is 13.1. The van der Waals surface area contributed by atoms with Crippen molar-refractivity contribution in [2.75, 3.05) is 10.7 Å². The van der Waals surface area contributed by atoms with Crippen molar-refractivity contribution in [1.29, 1.82) is 5.26 Å². The van der Waals surface area contributed by atoms with Crippen LogP contribution in [0, 0.1) is 21.4 Å². The molecule has 0 fully saturated rings. The molecule has 7 nitrogen and oxygen atoms in total. The Hall–Kier alpha value is -3.09. The van der Waals surface area contributed by atoms with Crippen molar-refractivity contribution in [3.63, 3.8) is 0 Å². The van der Waals surface area contributed by atoms with Gasteiger partial charge in [0.25, 0.3) is 5.69 Å². The molecule has 158 valence electrons. The monoisotopic (exact) mass is 452 g/mol. The SMILES string of the molecule is CCSc1ccsc1C1C(C#N)=C(N)N(c2ccc([N+](=O)[O-])cc2)C2=C1C(=O)CCC2. The highest BCUT2D eigenvalue weighted by molar-refractivity contribution is 7.99. The molecule has 1 aliphatic heterocycles. The average molecular weight is 453 g/mol. The molecule has 1 atom stereocenters. The van der Waals surface area contributed by atoms with Crippen LogP contribution in [0.1, 0.15) is 37.0 Å². The lowest BCUT2D eigenvalue weighted by molar-refractivity contribution is -0.384. The van der Waals surface area contributed by atoms with E-state index in [1.807, 2.05) is 11.4 Å². The highest BCUT2D eigenvalue weighted by atomic mass is 32.2. The predicted molar refractivity (Wildman–Crippen MR) is 122 cm³/mol. The number of hydrogen-bond donors (Lipinski definition) is 1.